The first-order valence-electron chi connectivity index (χ1n) is 7.65. The number of hydrogen-bond acceptors (Lipinski definition) is 6. The molecule has 0 fully saturated rings. The summed E-state index contributed by atoms with van der Waals surface area (Å²) < 4.78 is 6.63. The first kappa shape index (κ1) is 18.5. The maximum absolute atomic E-state index is 12.4. The van der Waals surface area contributed by atoms with Crippen molar-refractivity contribution < 1.29 is 9.53 Å². The monoisotopic (exact) mass is 363 g/mol. The van der Waals surface area contributed by atoms with Crippen LogP contribution in [0.2, 0.25) is 0 Å². The summed E-state index contributed by atoms with van der Waals surface area (Å²) in [5.74, 6) is 1.24. The fraction of sp³-hybridized carbons (Fsp3) is 0.353. The van der Waals surface area contributed by atoms with Crippen LogP contribution in [0.25, 0.3) is 0 Å². The topological polar surface area (TPSA) is 64.1 Å². The van der Waals surface area contributed by atoms with Crippen molar-refractivity contribution in [3.63, 3.8) is 0 Å². The minimum atomic E-state index is -0.569. The summed E-state index contributed by atoms with van der Waals surface area (Å²) in [5, 5.41) is 11.3. The predicted octanol–water partition coefficient (Wildman–Crippen LogP) is 4.23. The molecule has 2 rings (SSSR count). The maximum Gasteiger partial charge on any atom is 0.267 e. The zero-order valence-corrected chi connectivity index (χ0v) is 15.7. The van der Waals surface area contributed by atoms with Crippen LogP contribution in [-0.4, -0.2) is 28.0 Å². The fourth-order valence-corrected chi connectivity index (χ4v) is 3.42. The predicted molar refractivity (Wildman–Crippen MR) is 100 cm³/mol. The van der Waals surface area contributed by atoms with Crippen molar-refractivity contribution in [1.82, 2.24) is 10.2 Å². The van der Waals surface area contributed by atoms with E-state index in [1.807, 2.05) is 39.0 Å². The van der Waals surface area contributed by atoms with E-state index in [4.69, 9.17) is 4.74 Å². The van der Waals surface area contributed by atoms with Crippen LogP contribution in [0.15, 0.2) is 35.2 Å². The van der Waals surface area contributed by atoms with E-state index in [-0.39, 0.29) is 5.91 Å². The second kappa shape index (κ2) is 8.84. The van der Waals surface area contributed by atoms with Gasteiger partial charge in [-0.05, 0) is 43.5 Å². The number of aromatic nitrogens is 2. The second-order valence-corrected chi connectivity index (χ2v) is 7.47. The third-order valence-corrected chi connectivity index (χ3v) is 5.35. The van der Waals surface area contributed by atoms with Gasteiger partial charge in [0.15, 0.2) is 10.4 Å². The Kier molecular flexibility index (Phi) is 6.81. The Morgan fingerprint density at radius 1 is 1.42 bits per heavy atom. The van der Waals surface area contributed by atoms with E-state index in [1.165, 1.54) is 28.7 Å². The molecule has 128 valence electrons. The Morgan fingerprint density at radius 2 is 2.21 bits per heavy atom. The average Bonchev–Trinajstić information content (AvgIpc) is 3.01. The summed E-state index contributed by atoms with van der Waals surface area (Å²) >= 11 is 2.88. The van der Waals surface area contributed by atoms with Gasteiger partial charge >= 0.3 is 0 Å². The van der Waals surface area contributed by atoms with Crippen LogP contribution in [-0.2, 0) is 4.79 Å². The highest BCUT2D eigenvalue weighted by Crippen LogP contribution is 2.26. The summed E-state index contributed by atoms with van der Waals surface area (Å²) in [6.07, 6.45) is 1.80. The van der Waals surface area contributed by atoms with Gasteiger partial charge in [-0.3, -0.25) is 10.1 Å². The van der Waals surface area contributed by atoms with E-state index in [0.717, 1.165) is 15.7 Å². The van der Waals surface area contributed by atoms with Gasteiger partial charge < -0.3 is 4.74 Å². The van der Waals surface area contributed by atoms with Crippen molar-refractivity contribution in [2.75, 3.05) is 11.1 Å². The lowest BCUT2D eigenvalue weighted by atomic mass is 10.1. The van der Waals surface area contributed by atoms with Crippen molar-refractivity contribution in [3.8, 4) is 5.75 Å². The van der Waals surface area contributed by atoms with Crippen LogP contribution < -0.4 is 10.1 Å². The number of hydrogen-bond donors (Lipinski definition) is 1. The van der Waals surface area contributed by atoms with Crippen LogP contribution in [0.1, 0.15) is 24.5 Å². The number of aryl methyl sites for hydroxylation is 2. The van der Waals surface area contributed by atoms with Gasteiger partial charge in [-0.25, -0.2) is 0 Å². The second-order valence-electron chi connectivity index (χ2n) is 5.22. The number of benzene rings is 1. The number of nitrogens with one attached hydrogen (secondary N) is 1. The average molecular weight is 364 g/mol. The Morgan fingerprint density at radius 3 is 2.88 bits per heavy atom. The highest BCUT2D eigenvalue weighted by Gasteiger charge is 2.20. The molecule has 0 unspecified atom stereocenters. The summed E-state index contributed by atoms with van der Waals surface area (Å²) in [6.45, 7) is 9.64. The van der Waals surface area contributed by atoms with Crippen molar-refractivity contribution in [3.05, 3.63) is 42.0 Å². The Balaban J connectivity index is 1.99. The molecule has 24 heavy (non-hydrogen) atoms. The van der Waals surface area contributed by atoms with Gasteiger partial charge in [-0.2, -0.15) is 0 Å². The number of carbonyl (C=O) groups excluding carboxylic acids is 1. The SMILES string of the molecule is C=CCSc1nnc(NC(=O)[C@@H](CC)Oc2ccc(C)c(C)c2)s1. The van der Waals surface area contributed by atoms with Gasteiger partial charge in [0, 0.05) is 5.75 Å². The molecule has 0 aliphatic carbocycles. The maximum atomic E-state index is 12.4. The molecule has 0 radical (unpaired) electrons. The minimum absolute atomic E-state index is 0.216. The molecule has 7 heteroatoms. The van der Waals surface area contributed by atoms with Gasteiger partial charge in [0.25, 0.3) is 5.91 Å². The third-order valence-electron chi connectivity index (χ3n) is 3.38. The number of anilines is 1. The van der Waals surface area contributed by atoms with Crippen molar-refractivity contribution in [2.24, 2.45) is 0 Å². The highest BCUT2D eigenvalue weighted by molar-refractivity contribution is 8.01. The van der Waals surface area contributed by atoms with Crippen LogP contribution in [0, 0.1) is 13.8 Å². The molecule has 1 atom stereocenters. The lowest BCUT2D eigenvalue weighted by Crippen LogP contribution is -2.32. The first-order chi connectivity index (χ1) is 11.5. The molecule has 0 bridgehead atoms. The summed E-state index contributed by atoms with van der Waals surface area (Å²) in [7, 11) is 0. The molecule has 1 aromatic carbocycles. The van der Waals surface area contributed by atoms with E-state index in [0.29, 0.717) is 17.3 Å². The van der Waals surface area contributed by atoms with Gasteiger partial charge in [0.2, 0.25) is 5.13 Å². The zero-order chi connectivity index (χ0) is 17.5. The molecular weight excluding hydrogens is 342 g/mol. The quantitative estimate of drug-likeness (QED) is 0.432. The molecule has 5 nitrogen and oxygen atoms in total. The smallest absolute Gasteiger partial charge is 0.267 e. The number of ether oxygens (including phenoxy) is 1. The largest absolute Gasteiger partial charge is 0.481 e. The minimum Gasteiger partial charge on any atom is -0.481 e. The number of thioether (sulfide) groups is 1. The molecule has 0 spiro atoms. The summed E-state index contributed by atoms with van der Waals surface area (Å²) in [5.41, 5.74) is 2.33. The lowest BCUT2D eigenvalue weighted by molar-refractivity contribution is -0.122. The zero-order valence-electron chi connectivity index (χ0n) is 14.0. The van der Waals surface area contributed by atoms with Crippen molar-refractivity contribution >= 4 is 34.1 Å². The molecule has 1 heterocycles. The first-order valence-corrected chi connectivity index (χ1v) is 9.45. The van der Waals surface area contributed by atoms with E-state index < -0.39 is 6.10 Å². The molecule has 0 aliphatic rings. The molecule has 0 aliphatic heterocycles. The fourth-order valence-electron chi connectivity index (χ4n) is 1.91. The summed E-state index contributed by atoms with van der Waals surface area (Å²) in [6, 6.07) is 5.82. The number of amides is 1. The van der Waals surface area contributed by atoms with E-state index in [1.54, 1.807) is 6.08 Å². The molecule has 1 amide bonds. The molecular formula is C17H21N3O2S2. The number of rotatable bonds is 8. The van der Waals surface area contributed by atoms with E-state index >= 15 is 0 Å². The Bertz CT molecular complexity index is 716. The van der Waals surface area contributed by atoms with Gasteiger partial charge in [0.05, 0.1) is 0 Å². The van der Waals surface area contributed by atoms with Crippen LogP contribution >= 0.6 is 23.1 Å². The number of carbonyl (C=O) groups is 1. The normalized spacial score (nSPS) is 11.8. The molecule has 1 aromatic heterocycles. The van der Waals surface area contributed by atoms with Crippen LogP contribution in [0.4, 0.5) is 5.13 Å². The molecule has 1 N–H and O–H groups in total. The van der Waals surface area contributed by atoms with Crippen LogP contribution in [0.3, 0.4) is 0 Å². The van der Waals surface area contributed by atoms with E-state index in [2.05, 4.69) is 22.1 Å². The Labute approximate surface area is 150 Å². The molecule has 0 saturated heterocycles. The third kappa shape index (κ3) is 5.07. The Hall–Kier alpha value is -1.86. The standard InChI is InChI=1S/C17H21N3O2S2/c1-5-9-23-17-20-19-16(24-17)18-15(21)14(6-2)22-13-8-7-11(3)12(4)10-13/h5,7-8,10,14H,1,6,9H2,2-4H3,(H,18,19,21)/t14-/m1/s1. The highest BCUT2D eigenvalue weighted by atomic mass is 32.2. The van der Waals surface area contributed by atoms with Crippen molar-refractivity contribution in [1.29, 1.82) is 0 Å². The number of nitrogens with zero attached hydrogens (tertiary/aromatic N) is 2. The van der Waals surface area contributed by atoms with Gasteiger partial charge in [-0.15, -0.1) is 16.8 Å². The van der Waals surface area contributed by atoms with E-state index in [9.17, 15) is 4.79 Å². The van der Waals surface area contributed by atoms with Gasteiger partial charge in [-0.1, -0.05) is 42.2 Å². The van der Waals surface area contributed by atoms with Crippen molar-refractivity contribution in [2.45, 2.75) is 37.6 Å². The molecule has 0 saturated carbocycles. The van der Waals surface area contributed by atoms with Crippen LogP contribution in [0.5, 0.6) is 5.75 Å². The lowest BCUT2D eigenvalue weighted by Gasteiger charge is -2.17. The molecule has 2 aromatic rings. The van der Waals surface area contributed by atoms with Gasteiger partial charge in [0.1, 0.15) is 5.75 Å². The summed E-state index contributed by atoms with van der Waals surface area (Å²) in [4.78, 5) is 12.4.